The Labute approximate surface area is 248 Å². The molecule has 4 heteroatoms. The Morgan fingerprint density at radius 3 is 1.38 bits per heavy atom. The van der Waals surface area contributed by atoms with Crippen LogP contribution in [0, 0.1) is 5.92 Å². The second-order valence-electron chi connectivity index (χ2n) is 11.8. The SMILES string of the molecule is C=CCOC(=O)CC(CCCCCCC/C=C/CCCCCCCCCCCCCCCCCCCC)C(=O)O. The third-order valence-corrected chi connectivity index (χ3v) is 7.94. The molecule has 0 aliphatic heterocycles. The highest BCUT2D eigenvalue weighted by Crippen LogP contribution is 2.17. The number of ether oxygens (including phenoxy) is 1. The van der Waals surface area contributed by atoms with Crippen molar-refractivity contribution in [2.75, 3.05) is 6.61 Å². The highest BCUT2D eigenvalue weighted by atomic mass is 16.5. The van der Waals surface area contributed by atoms with Gasteiger partial charge in [-0.25, -0.2) is 0 Å². The van der Waals surface area contributed by atoms with Gasteiger partial charge < -0.3 is 9.84 Å². The molecule has 40 heavy (non-hydrogen) atoms. The number of carbonyl (C=O) groups excluding carboxylic acids is 1. The first kappa shape index (κ1) is 38.4. The van der Waals surface area contributed by atoms with Crippen molar-refractivity contribution in [3.05, 3.63) is 24.8 Å². The van der Waals surface area contributed by atoms with E-state index in [2.05, 4.69) is 25.7 Å². The van der Waals surface area contributed by atoms with Crippen molar-refractivity contribution in [3.8, 4) is 0 Å². The van der Waals surface area contributed by atoms with Crippen molar-refractivity contribution in [3.63, 3.8) is 0 Å². The van der Waals surface area contributed by atoms with Gasteiger partial charge >= 0.3 is 11.9 Å². The molecular formula is C36H66O4. The molecule has 1 atom stereocenters. The summed E-state index contributed by atoms with van der Waals surface area (Å²) in [5.74, 6) is -2.00. The Morgan fingerprint density at radius 1 is 0.625 bits per heavy atom. The molecule has 0 bridgehead atoms. The van der Waals surface area contributed by atoms with Crippen LogP contribution in [0.2, 0.25) is 0 Å². The Balaban J connectivity index is 3.33. The van der Waals surface area contributed by atoms with Gasteiger partial charge in [0.25, 0.3) is 0 Å². The highest BCUT2D eigenvalue weighted by molar-refractivity contribution is 5.78. The summed E-state index contributed by atoms with van der Waals surface area (Å²) in [4.78, 5) is 23.0. The predicted octanol–water partition coefficient (Wildman–Crippen LogP) is 11.5. The standard InChI is InChI=1S/C36H66O4/c1-3-5-6-7-8-9-10-11-12-13-14-15-16-17-18-19-20-21-22-23-24-25-26-27-28-29-30-31-34(36(38)39)33-35(37)40-32-4-2/h4,23-24,34H,2-3,5-22,25-33H2,1H3,(H,38,39)/b24-23+. The summed E-state index contributed by atoms with van der Waals surface area (Å²) in [7, 11) is 0. The molecule has 0 saturated heterocycles. The fraction of sp³-hybridized carbons (Fsp3) is 0.833. The molecule has 1 N–H and O–H groups in total. The third kappa shape index (κ3) is 29.4. The Bertz CT molecular complexity index is 598. The molecule has 234 valence electrons. The van der Waals surface area contributed by atoms with E-state index in [0.29, 0.717) is 6.42 Å². The second-order valence-corrected chi connectivity index (χ2v) is 11.8. The van der Waals surface area contributed by atoms with Crippen molar-refractivity contribution < 1.29 is 19.4 Å². The lowest BCUT2D eigenvalue weighted by Crippen LogP contribution is -2.19. The first-order valence-corrected chi connectivity index (χ1v) is 17.3. The minimum Gasteiger partial charge on any atom is -0.481 e. The topological polar surface area (TPSA) is 63.6 Å². The molecule has 0 aromatic heterocycles. The van der Waals surface area contributed by atoms with E-state index in [0.717, 1.165) is 25.7 Å². The van der Waals surface area contributed by atoms with Crippen molar-refractivity contribution in [2.24, 2.45) is 5.92 Å². The molecule has 0 heterocycles. The van der Waals surface area contributed by atoms with Gasteiger partial charge in [-0.15, -0.1) is 0 Å². The maximum Gasteiger partial charge on any atom is 0.307 e. The minimum absolute atomic E-state index is 0.0482. The van der Waals surface area contributed by atoms with E-state index in [9.17, 15) is 14.7 Å². The van der Waals surface area contributed by atoms with E-state index in [1.165, 1.54) is 141 Å². The van der Waals surface area contributed by atoms with E-state index in [4.69, 9.17) is 4.74 Å². The molecule has 0 amide bonds. The van der Waals surface area contributed by atoms with Gasteiger partial charge in [-0.3, -0.25) is 9.59 Å². The maximum absolute atomic E-state index is 11.6. The van der Waals surface area contributed by atoms with Crippen LogP contribution in [0.4, 0.5) is 0 Å². The minimum atomic E-state index is -0.907. The van der Waals surface area contributed by atoms with Crippen molar-refractivity contribution in [2.45, 2.75) is 180 Å². The van der Waals surface area contributed by atoms with Crippen molar-refractivity contribution in [1.82, 2.24) is 0 Å². The fourth-order valence-electron chi connectivity index (χ4n) is 5.31. The first-order valence-electron chi connectivity index (χ1n) is 17.3. The normalized spacial score (nSPS) is 12.1. The van der Waals surface area contributed by atoms with E-state index in [1.807, 2.05) is 0 Å². The van der Waals surface area contributed by atoms with Gasteiger partial charge in [0.15, 0.2) is 0 Å². The van der Waals surface area contributed by atoms with E-state index in [1.54, 1.807) is 0 Å². The molecule has 0 fully saturated rings. The summed E-state index contributed by atoms with van der Waals surface area (Å²) in [5.41, 5.74) is 0. The quantitative estimate of drug-likeness (QED) is 0.0503. The number of esters is 1. The zero-order chi connectivity index (χ0) is 29.4. The molecule has 0 aliphatic rings. The number of carbonyl (C=O) groups is 2. The summed E-state index contributed by atoms with van der Waals surface area (Å²) in [6, 6.07) is 0. The Hall–Kier alpha value is -1.58. The van der Waals surface area contributed by atoms with Crippen molar-refractivity contribution >= 4 is 11.9 Å². The lowest BCUT2D eigenvalue weighted by atomic mass is 9.97. The lowest BCUT2D eigenvalue weighted by Gasteiger charge is -2.11. The molecule has 0 saturated carbocycles. The second kappa shape index (κ2) is 31.9. The van der Waals surface area contributed by atoms with Crippen LogP contribution >= 0.6 is 0 Å². The maximum atomic E-state index is 11.6. The van der Waals surface area contributed by atoms with E-state index < -0.39 is 17.9 Å². The first-order chi connectivity index (χ1) is 19.6. The fourth-order valence-corrected chi connectivity index (χ4v) is 5.31. The number of aliphatic carboxylic acids is 1. The zero-order valence-electron chi connectivity index (χ0n) is 26.5. The van der Waals surface area contributed by atoms with Crippen LogP contribution in [0.15, 0.2) is 24.8 Å². The molecule has 0 spiro atoms. The van der Waals surface area contributed by atoms with Crippen LogP contribution in [0.5, 0.6) is 0 Å². The van der Waals surface area contributed by atoms with Crippen LogP contribution in [0.25, 0.3) is 0 Å². The van der Waals surface area contributed by atoms with Gasteiger partial charge in [0, 0.05) is 0 Å². The average Bonchev–Trinajstić information content (AvgIpc) is 2.94. The van der Waals surface area contributed by atoms with Gasteiger partial charge in [-0.1, -0.05) is 167 Å². The lowest BCUT2D eigenvalue weighted by molar-refractivity contribution is -0.151. The number of allylic oxidation sites excluding steroid dienone is 2. The third-order valence-electron chi connectivity index (χ3n) is 7.94. The number of rotatable bonds is 32. The number of carboxylic acid groups (broad SMARTS) is 1. The average molecular weight is 563 g/mol. The van der Waals surface area contributed by atoms with Crippen LogP contribution < -0.4 is 0 Å². The zero-order valence-corrected chi connectivity index (χ0v) is 26.5. The van der Waals surface area contributed by atoms with Gasteiger partial charge in [-0.2, -0.15) is 0 Å². The van der Waals surface area contributed by atoms with Crippen LogP contribution in [0.1, 0.15) is 180 Å². The molecule has 0 rings (SSSR count). The number of carboxylic acids is 1. The molecule has 0 radical (unpaired) electrons. The molecule has 0 aliphatic carbocycles. The molecule has 0 aromatic rings. The molecule has 4 nitrogen and oxygen atoms in total. The molecule has 1 unspecified atom stereocenters. The van der Waals surface area contributed by atoms with Crippen LogP contribution in [0.3, 0.4) is 0 Å². The summed E-state index contributed by atoms with van der Waals surface area (Å²) < 4.78 is 4.91. The summed E-state index contributed by atoms with van der Waals surface area (Å²) >= 11 is 0. The predicted molar refractivity (Wildman–Crippen MR) is 172 cm³/mol. The summed E-state index contributed by atoms with van der Waals surface area (Å²) in [6.45, 7) is 5.92. The smallest absolute Gasteiger partial charge is 0.307 e. The van der Waals surface area contributed by atoms with Crippen molar-refractivity contribution in [1.29, 1.82) is 0 Å². The van der Waals surface area contributed by atoms with Crippen LogP contribution in [-0.2, 0) is 14.3 Å². The molecular weight excluding hydrogens is 496 g/mol. The number of unbranched alkanes of at least 4 members (excludes halogenated alkanes) is 23. The number of hydrogen-bond acceptors (Lipinski definition) is 3. The summed E-state index contributed by atoms with van der Waals surface area (Å²) in [6.07, 6.45) is 40.0. The highest BCUT2D eigenvalue weighted by Gasteiger charge is 2.21. The number of hydrogen-bond donors (Lipinski definition) is 1. The van der Waals surface area contributed by atoms with E-state index >= 15 is 0 Å². The summed E-state index contributed by atoms with van der Waals surface area (Å²) in [5, 5.41) is 9.31. The van der Waals surface area contributed by atoms with Gasteiger partial charge in [-0.05, 0) is 32.1 Å². The monoisotopic (exact) mass is 562 g/mol. The van der Waals surface area contributed by atoms with Gasteiger partial charge in [0.2, 0.25) is 0 Å². The Kier molecular flexibility index (Phi) is 30.7. The Morgan fingerprint density at radius 2 is 1.00 bits per heavy atom. The van der Waals surface area contributed by atoms with E-state index in [-0.39, 0.29) is 13.0 Å². The van der Waals surface area contributed by atoms with Crippen LogP contribution in [-0.4, -0.2) is 23.7 Å². The largest absolute Gasteiger partial charge is 0.481 e. The molecule has 0 aromatic carbocycles. The van der Waals surface area contributed by atoms with Gasteiger partial charge in [0.1, 0.15) is 6.61 Å². The van der Waals surface area contributed by atoms with Gasteiger partial charge in [0.05, 0.1) is 12.3 Å².